The molecule has 0 saturated carbocycles. The highest BCUT2D eigenvalue weighted by atomic mass is 32.1. The minimum absolute atomic E-state index is 0.0980. The number of nitrogens with one attached hydrogen (secondary N) is 2. The lowest BCUT2D eigenvalue weighted by Gasteiger charge is -2.31. The van der Waals surface area contributed by atoms with Gasteiger partial charge in [-0.25, -0.2) is 14.6 Å². The molecule has 3 aromatic heterocycles. The highest BCUT2D eigenvalue weighted by molar-refractivity contribution is 7.09. The van der Waals surface area contributed by atoms with Gasteiger partial charge in [0.05, 0.1) is 15.9 Å². The molecule has 256 valence electrons. The number of amides is 2. The van der Waals surface area contributed by atoms with E-state index in [9.17, 15) is 9.59 Å². The lowest BCUT2D eigenvalue weighted by molar-refractivity contribution is 0.125. The molecule has 0 bridgehead atoms. The number of hydrogen-bond donors (Lipinski definition) is 2. The van der Waals surface area contributed by atoms with Gasteiger partial charge in [0, 0.05) is 61.1 Å². The molecule has 0 saturated heterocycles. The van der Waals surface area contributed by atoms with Gasteiger partial charge < -0.3 is 20.1 Å². The molecule has 2 amide bonds. The predicted molar refractivity (Wildman–Crippen MR) is 196 cm³/mol. The van der Waals surface area contributed by atoms with Gasteiger partial charge in [0.1, 0.15) is 18.2 Å². The van der Waals surface area contributed by atoms with Crippen molar-refractivity contribution in [2.75, 3.05) is 13.1 Å². The number of rotatable bonds is 16. The number of thiazole rings is 2. The van der Waals surface area contributed by atoms with E-state index in [1.807, 2.05) is 96.5 Å². The summed E-state index contributed by atoms with van der Waals surface area (Å²) in [7, 11) is 0. The first kappa shape index (κ1) is 34.7. The van der Waals surface area contributed by atoms with Gasteiger partial charge in [-0.3, -0.25) is 14.9 Å². The molecule has 2 atom stereocenters. The van der Waals surface area contributed by atoms with Crippen LogP contribution in [0.3, 0.4) is 0 Å². The van der Waals surface area contributed by atoms with Crippen LogP contribution in [0.15, 0.2) is 120 Å². The third kappa shape index (κ3) is 10.9. The number of carbonyl (C=O) groups excluding carboxylic acids is 2. The third-order valence-corrected chi connectivity index (χ3v) is 9.45. The molecule has 10 nitrogen and oxygen atoms in total. The molecule has 3 aromatic carbocycles. The Balaban J connectivity index is 1.24. The van der Waals surface area contributed by atoms with Gasteiger partial charge in [-0.15, -0.1) is 22.7 Å². The fourth-order valence-corrected chi connectivity index (χ4v) is 6.76. The largest absolute Gasteiger partial charge is 0.444 e. The highest BCUT2D eigenvalue weighted by Crippen LogP contribution is 2.17. The van der Waals surface area contributed by atoms with Crippen molar-refractivity contribution < 1.29 is 19.1 Å². The van der Waals surface area contributed by atoms with E-state index in [1.165, 1.54) is 22.7 Å². The van der Waals surface area contributed by atoms with Crippen molar-refractivity contribution in [2.45, 2.75) is 44.7 Å². The Kier molecular flexibility index (Phi) is 12.5. The van der Waals surface area contributed by atoms with Crippen LogP contribution in [0.2, 0.25) is 0 Å². The second-order valence-corrected chi connectivity index (χ2v) is 13.8. The molecule has 6 rings (SSSR count). The first-order chi connectivity index (χ1) is 24.6. The van der Waals surface area contributed by atoms with Crippen molar-refractivity contribution in [2.24, 2.45) is 0 Å². The molecule has 0 aliphatic rings. The molecule has 0 unspecified atom stereocenters. The molecule has 3 heterocycles. The number of aromatic nitrogens is 3. The van der Waals surface area contributed by atoms with Gasteiger partial charge in [-0.1, -0.05) is 78.9 Å². The summed E-state index contributed by atoms with van der Waals surface area (Å²) in [6, 6.07) is 29.6. The smallest absolute Gasteiger partial charge is 0.407 e. The maximum Gasteiger partial charge on any atom is 0.407 e. The predicted octanol–water partition coefficient (Wildman–Crippen LogP) is 7.03. The van der Waals surface area contributed by atoms with E-state index < -0.39 is 12.2 Å². The molecule has 50 heavy (non-hydrogen) atoms. The first-order valence-corrected chi connectivity index (χ1v) is 18.1. The van der Waals surface area contributed by atoms with Crippen LogP contribution in [-0.4, -0.2) is 57.2 Å². The number of carbonyl (C=O) groups is 2. The number of hydrogen-bond acceptors (Lipinski definition) is 10. The number of pyridine rings is 1. The first-order valence-electron chi connectivity index (χ1n) is 16.3. The number of nitrogens with zero attached hydrogens (tertiary/aromatic N) is 4. The zero-order valence-corrected chi connectivity index (χ0v) is 29.0. The average Bonchev–Trinajstić information content (AvgIpc) is 3.86. The highest BCUT2D eigenvalue weighted by Gasteiger charge is 2.24. The zero-order chi connectivity index (χ0) is 34.4. The van der Waals surface area contributed by atoms with Crippen molar-refractivity contribution in [3.05, 3.63) is 147 Å². The van der Waals surface area contributed by atoms with Crippen molar-refractivity contribution in [1.82, 2.24) is 30.5 Å². The van der Waals surface area contributed by atoms with E-state index in [4.69, 9.17) is 14.5 Å². The topological polar surface area (TPSA) is 119 Å². The fourth-order valence-electron chi connectivity index (χ4n) is 5.73. The fraction of sp³-hybridized carbons (Fsp3) is 0.237. The van der Waals surface area contributed by atoms with Gasteiger partial charge >= 0.3 is 12.2 Å². The maximum atomic E-state index is 13.1. The number of alkyl carbamates (subject to hydrolysis) is 2. The Morgan fingerprint density at radius 3 is 1.98 bits per heavy atom. The summed E-state index contributed by atoms with van der Waals surface area (Å²) in [5, 5.41) is 9.85. The van der Waals surface area contributed by atoms with Gasteiger partial charge in [-0.2, -0.15) is 0 Å². The standard InChI is InChI=1S/C38H38N6O4S2/c45-37(47-25-34-21-39-27-50-34)42-32(18-28-9-3-1-4-10-28)23-44(22-30-17-31-13-7-8-14-35(31)41-20-30)24-33(19-29-11-5-2-6-12-29)43-38(46)48-26-36-40-15-16-49-36/h1-17,20-21,27,32-33H,18-19,22-26H2,(H,42,45)(H,43,46)/t32-,33+/m0/s1. The summed E-state index contributed by atoms with van der Waals surface area (Å²) < 4.78 is 11.2. The van der Waals surface area contributed by atoms with E-state index in [0.717, 1.165) is 37.5 Å². The molecule has 0 aliphatic carbocycles. The molecular formula is C38H38N6O4S2. The van der Waals surface area contributed by atoms with Gasteiger partial charge in [0.15, 0.2) is 0 Å². The number of fused-ring (bicyclic) bond motifs is 1. The van der Waals surface area contributed by atoms with Gasteiger partial charge in [-0.05, 0) is 41.7 Å². The van der Waals surface area contributed by atoms with E-state index in [0.29, 0.717) is 32.5 Å². The second kappa shape index (κ2) is 18.0. The van der Waals surface area contributed by atoms with Crippen LogP contribution < -0.4 is 10.6 Å². The maximum absolute atomic E-state index is 13.1. The van der Waals surface area contributed by atoms with Crippen molar-refractivity contribution in [1.29, 1.82) is 0 Å². The Morgan fingerprint density at radius 2 is 1.36 bits per heavy atom. The third-order valence-electron chi connectivity index (χ3n) is 7.94. The van der Waals surface area contributed by atoms with E-state index in [1.54, 1.807) is 17.9 Å². The summed E-state index contributed by atoms with van der Waals surface area (Å²) in [4.78, 5) is 42.4. The van der Waals surface area contributed by atoms with Crippen LogP contribution in [-0.2, 0) is 42.1 Å². The second-order valence-electron chi connectivity index (χ2n) is 11.8. The minimum atomic E-state index is -0.515. The van der Waals surface area contributed by atoms with Crippen LogP contribution in [0.5, 0.6) is 0 Å². The molecule has 6 aromatic rings. The number of ether oxygens (including phenoxy) is 2. The summed E-state index contributed by atoms with van der Waals surface area (Å²) in [6.07, 6.45) is 5.41. The molecule has 0 aliphatic heterocycles. The Morgan fingerprint density at radius 1 is 0.720 bits per heavy atom. The minimum Gasteiger partial charge on any atom is -0.444 e. The zero-order valence-electron chi connectivity index (χ0n) is 27.4. The quantitative estimate of drug-likeness (QED) is 0.110. The molecule has 2 N–H and O–H groups in total. The molecule has 12 heteroatoms. The van der Waals surface area contributed by atoms with E-state index in [-0.39, 0.29) is 25.3 Å². The SMILES string of the molecule is O=C(N[C@H](Cc1ccccc1)CN(Cc1cnc2ccccc2c1)C[C@H](Cc1ccccc1)NC(=O)OCc1cncs1)OCc1nccs1. The van der Waals surface area contributed by atoms with Crippen molar-refractivity contribution in [3.63, 3.8) is 0 Å². The molecule has 0 fully saturated rings. The van der Waals surface area contributed by atoms with Gasteiger partial charge in [0.2, 0.25) is 0 Å². The Labute approximate surface area is 299 Å². The number of benzene rings is 3. The molecule has 0 radical (unpaired) electrons. The molecular weight excluding hydrogens is 669 g/mol. The number of para-hydroxylation sites is 1. The van der Waals surface area contributed by atoms with Crippen LogP contribution in [0, 0.1) is 0 Å². The monoisotopic (exact) mass is 706 g/mol. The summed E-state index contributed by atoms with van der Waals surface area (Å²) in [5.74, 6) is 0. The summed E-state index contributed by atoms with van der Waals surface area (Å²) >= 11 is 2.87. The lowest BCUT2D eigenvalue weighted by atomic mass is 10.0. The van der Waals surface area contributed by atoms with Crippen molar-refractivity contribution in [3.8, 4) is 0 Å². The normalized spacial score (nSPS) is 12.3. The Hall–Kier alpha value is -5.17. The molecule has 0 spiro atoms. The van der Waals surface area contributed by atoms with Crippen LogP contribution >= 0.6 is 22.7 Å². The Bertz CT molecular complexity index is 1810. The van der Waals surface area contributed by atoms with Crippen LogP contribution in [0.25, 0.3) is 10.9 Å². The van der Waals surface area contributed by atoms with Gasteiger partial charge in [0.25, 0.3) is 0 Å². The van der Waals surface area contributed by atoms with Crippen LogP contribution in [0.4, 0.5) is 9.59 Å². The van der Waals surface area contributed by atoms with E-state index >= 15 is 0 Å². The van der Waals surface area contributed by atoms with Crippen LogP contribution in [0.1, 0.15) is 26.6 Å². The average molecular weight is 707 g/mol. The lowest BCUT2D eigenvalue weighted by Crippen LogP contribution is -2.50. The summed E-state index contributed by atoms with van der Waals surface area (Å²) in [6.45, 7) is 1.71. The van der Waals surface area contributed by atoms with Crippen molar-refractivity contribution >= 4 is 45.8 Å². The van der Waals surface area contributed by atoms with E-state index in [2.05, 4.69) is 31.6 Å². The summed E-state index contributed by atoms with van der Waals surface area (Å²) in [5.41, 5.74) is 5.80.